The zero-order valence-corrected chi connectivity index (χ0v) is 14.1. The van der Waals surface area contributed by atoms with Crippen molar-refractivity contribution in [3.8, 4) is 0 Å². The van der Waals surface area contributed by atoms with E-state index in [-0.39, 0.29) is 11.9 Å². The maximum absolute atomic E-state index is 12.3. The summed E-state index contributed by atoms with van der Waals surface area (Å²) in [6.45, 7) is 4.22. The van der Waals surface area contributed by atoms with E-state index in [1.807, 2.05) is 30.1 Å². The minimum absolute atomic E-state index is 0.0799. The van der Waals surface area contributed by atoms with Crippen LogP contribution in [0.4, 0.5) is 0 Å². The highest BCUT2D eigenvalue weighted by Gasteiger charge is 2.19. The Hall–Kier alpha value is -0.100. The molecule has 94 valence electrons. The summed E-state index contributed by atoms with van der Waals surface area (Å²) in [7, 11) is 1.87. The maximum Gasteiger partial charge on any atom is 0.255 e. The maximum atomic E-state index is 12.3. The average Bonchev–Trinajstić information content (AvgIpc) is 2.30. The summed E-state index contributed by atoms with van der Waals surface area (Å²) in [5.74, 6) is 0.0799. The molecule has 0 aliphatic rings. The molecule has 0 fully saturated rings. The third kappa shape index (κ3) is 3.95. The molecule has 1 rings (SSSR count). The van der Waals surface area contributed by atoms with Crippen molar-refractivity contribution < 1.29 is 4.79 Å². The van der Waals surface area contributed by atoms with Gasteiger partial charge in [-0.2, -0.15) is 0 Å². The molecule has 4 heteroatoms. The van der Waals surface area contributed by atoms with Gasteiger partial charge in [0.2, 0.25) is 0 Å². The second-order valence-electron chi connectivity index (χ2n) is 4.18. The molecule has 0 saturated carbocycles. The molecular weight excluding hydrogens is 393 g/mol. The number of hydrogen-bond donors (Lipinski definition) is 0. The first kappa shape index (κ1) is 15.0. The van der Waals surface area contributed by atoms with Crippen LogP contribution in [0.2, 0.25) is 0 Å². The van der Waals surface area contributed by atoms with E-state index in [2.05, 4.69) is 52.4 Å². The first-order valence-electron chi connectivity index (χ1n) is 5.69. The van der Waals surface area contributed by atoms with Crippen molar-refractivity contribution in [2.24, 2.45) is 0 Å². The molecule has 1 unspecified atom stereocenters. The second-order valence-corrected chi connectivity index (χ2v) is 6.28. The molecule has 0 aliphatic heterocycles. The third-order valence-electron chi connectivity index (χ3n) is 2.85. The zero-order valence-electron chi connectivity index (χ0n) is 10.3. The van der Waals surface area contributed by atoms with E-state index in [4.69, 9.17) is 0 Å². The first-order valence-corrected chi connectivity index (χ1v) is 7.56. The lowest BCUT2D eigenvalue weighted by atomic mass is 10.1. The highest BCUT2D eigenvalue weighted by atomic mass is 127. The van der Waals surface area contributed by atoms with Crippen LogP contribution >= 0.6 is 38.5 Å². The van der Waals surface area contributed by atoms with E-state index < -0.39 is 0 Å². The number of carbonyl (C=O) groups is 1. The summed E-state index contributed by atoms with van der Waals surface area (Å²) in [4.78, 5) is 14.1. The van der Waals surface area contributed by atoms with Gasteiger partial charge in [0, 0.05) is 21.1 Å². The lowest BCUT2D eigenvalue weighted by molar-refractivity contribution is 0.0736. The van der Waals surface area contributed by atoms with Crippen LogP contribution in [0.15, 0.2) is 22.7 Å². The van der Waals surface area contributed by atoms with Gasteiger partial charge in [0.1, 0.15) is 0 Å². The summed E-state index contributed by atoms with van der Waals surface area (Å²) >= 11 is 5.66. The summed E-state index contributed by atoms with van der Waals surface area (Å²) in [6, 6.07) is 6.10. The van der Waals surface area contributed by atoms with Crippen molar-refractivity contribution in [2.45, 2.75) is 32.7 Å². The van der Waals surface area contributed by atoms with Gasteiger partial charge in [0.25, 0.3) is 5.91 Å². The topological polar surface area (TPSA) is 20.3 Å². The smallest absolute Gasteiger partial charge is 0.255 e. The zero-order chi connectivity index (χ0) is 13.0. The molecule has 1 atom stereocenters. The normalized spacial score (nSPS) is 12.3. The highest BCUT2D eigenvalue weighted by molar-refractivity contribution is 14.1. The Bertz CT molecular complexity index is 408. The van der Waals surface area contributed by atoms with E-state index in [1.54, 1.807) is 0 Å². The number of hydrogen-bond acceptors (Lipinski definition) is 1. The molecule has 1 aromatic carbocycles. The Morgan fingerprint density at radius 3 is 2.76 bits per heavy atom. The number of carbonyl (C=O) groups excluding carboxylic acids is 1. The second kappa shape index (κ2) is 6.73. The Morgan fingerprint density at radius 2 is 2.18 bits per heavy atom. The number of halogens is 2. The molecule has 0 N–H and O–H groups in total. The van der Waals surface area contributed by atoms with Crippen LogP contribution in [0.3, 0.4) is 0 Å². The van der Waals surface area contributed by atoms with E-state index in [0.717, 1.165) is 26.4 Å². The van der Waals surface area contributed by atoms with Gasteiger partial charge in [-0.05, 0) is 70.1 Å². The number of benzene rings is 1. The third-order valence-corrected chi connectivity index (χ3v) is 4.21. The Labute approximate surface area is 125 Å². The molecule has 1 aromatic rings. The standard InChI is InChI=1S/C13H17BrINO/c1-4-5-9(2)16(3)13(17)11-8-10(15)6-7-12(11)14/h6-9H,4-5H2,1-3H3. The fraction of sp³-hybridized carbons (Fsp3) is 0.462. The Morgan fingerprint density at radius 1 is 1.53 bits per heavy atom. The van der Waals surface area contributed by atoms with Crippen molar-refractivity contribution in [3.05, 3.63) is 31.8 Å². The minimum Gasteiger partial charge on any atom is -0.339 e. The highest BCUT2D eigenvalue weighted by Crippen LogP contribution is 2.22. The molecule has 1 amide bonds. The molecule has 2 nitrogen and oxygen atoms in total. The lowest BCUT2D eigenvalue weighted by Gasteiger charge is -2.25. The molecule has 0 aromatic heterocycles. The molecule has 17 heavy (non-hydrogen) atoms. The van der Waals surface area contributed by atoms with Crippen LogP contribution in [-0.2, 0) is 0 Å². The van der Waals surface area contributed by atoms with E-state index in [9.17, 15) is 4.79 Å². The van der Waals surface area contributed by atoms with Crippen LogP contribution in [0.25, 0.3) is 0 Å². The fourth-order valence-corrected chi connectivity index (χ4v) is 2.57. The van der Waals surface area contributed by atoms with Gasteiger partial charge in [0.05, 0.1) is 5.56 Å². The van der Waals surface area contributed by atoms with E-state index in [0.29, 0.717) is 0 Å². The predicted octanol–water partition coefficient (Wildman–Crippen LogP) is 4.31. The molecule has 0 spiro atoms. The summed E-state index contributed by atoms with van der Waals surface area (Å²) in [5.41, 5.74) is 0.738. The molecule has 0 heterocycles. The largest absolute Gasteiger partial charge is 0.339 e. The van der Waals surface area contributed by atoms with E-state index in [1.165, 1.54) is 0 Å². The first-order chi connectivity index (χ1) is 7.97. The van der Waals surface area contributed by atoms with Crippen LogP contribution in [0.5, 0.6) is 0 Å². The van der Waals surface area contributed by atoms with Crippen molar-refractivity contribution in [2.75, 3.05) is 7.05 Å². The van der Waals surface area contributed by atoms with Gasteiger partial charge in [0.15, 0.2) is 0 Å². The number of rotatable bonds is 4. The van der Waals surface area contributed by atoms with Gasteiger partial charge in [-0.15, -0.1) is 0 Å². The van der Waals surface area contributed by atoms with Crippen LogP contribution in [-0.4, -0.2) is 23.9 Å². The van der Waals surface area contributed by atoms with Crippen molar-refractivity contribution in [1.82, 2.24) is 4.90 Å². The van der Waals surface area contributed by atoms with Gasteiger partial charge < -0.3 is 4.90 Å². The quantitative estimate of drug-likeness (QED) is 0.678. The van der Waals surface area contributed by atoms with Gasteiger partial charge >= 0.3 is 0 Å². The monoisotopic (exact) mass is 409 g/mol. The summed E-state index contributed by atoms with van der Waals surface area (Å²) in [6.07, 6.45) is 2.12. The van der Waals surface area contributed by atoms with Crippen molar-refractivity contribution in [1.29, 1.82) is 0 Å². The predicted molar refractivity (Wildman–Crippen MR) is 83.3 cm³/mol. The molecule has 0 aliphatic carbocycles. The van der Waals surface area contributed by atoms with Crippen LogP contribution in [0, 0.1) is 3.57 Å². The molecular formula is C13H17BrINO. The lowest BCUT2D eigenvalue weighted by Crippen LogP contribution is -2.35. The minimum atomic E-state index is 0.0799. The van der Waals surface area contributed by atoms with Gasteiger partial charge in [-0.3, -0.25) is 4.79 Å². The van der Waals surface area contributed by atoms with Crippen molar-refractivity contribution >= 4 is 44.4 Å². The summed E-state index contributed by atoms with van der Waals surface area (Å²) in [5, 5.41) is 0. The summed E-state index contributed by atoms with van der Waals surface area (Å²) < 4.78 is 1.93. The average molecular weight is 410 g/mol. The van der Waals surface area contributed by atoms with Crippen LogP contribution in [0.1, 0.15) is 37.0 Å². The fourth-order valence-electron chi connectivity index (χ4n) is 1.66. The van der Waals surface area contributed by atoms with E-state index >= 15 is 0 Å². The van der Waals surface area contributed by atoms with Gasteiger partial charge in [-0.25, -0.2) is 0 Å². The molecule has 0 radical (unpaired) electrons. The van der Waals surface area contributed by atoms with Crippen LogP contribution < -0.4 is 0 Å². The Balaban J connectivity index is 2.92. The Kier molecular flexibility index (Phi) is 5.92. The molecule has 0 saturated heterocycles. The van der Waals surface area contributed by atoms with Crippen molar-refractivity contribution in [3.63, 3.8) is 0 Å². The number of amides is 1. The van der Waals surface area contributed by atoms with Gasteiger partial charge in [-0.1, -0.05) is 13.3 Å². The SMILES string of the molecule is CCCC(C)N(C)C(=O)c1cc(I)ccc1Br. The molecule has 0 bridgehead atoms. The number of nitrogens with zero attached hydrogens (tertiary/aromatic N) is 1.